The molecule has 0 aliphatic carbocycles. The average molecular weight is 592 g/mol. The maximum absolute atomic E-state index is 11.1. The molecular formula is C32H38ClN5O4. The Hall–Kier alpha value is -4.21. The first-order valence-corrected chi connectivity index (χ1v) is 14.1. The maximum Gasteiger partial charge on any atom is 0.203 e. The molecule has 1 atom stereocenters. The predicted molar refractivity (Wildman–Crippen MR) is 167 cm³/mol. The number of aryl methyl sites for hydroxylation is 1. The number of halogens is 1. The third kappa shape index (κ3) is 11.3. The maximum atomic E-state index is 11.1. The van der Waals surface area contributed by atoms with Crippen LogP contribution in [0.4, 0.5) is 5.69 Å². The summed E-state index contributed by atoms with van der Waals surface area (Å²) in [6.07, 6.45) is 7.92. The van der Waals surface area contributed by atoms with Crippen molar-refractivity contribution in [3.05, 3.63) is 95.0 Å². The number of hydrogen-bond acceptors (Lipinski definition) is 7. The molecule has 0 saturated carbocycles. The Morgan fingerprint density at radius 3 is 2.45 bits per heavy atom. The first-order valence-electron chi connectivity index (χ1n) is 13.8. The minimum Gasteiger partial charge on any atom is -0.456 e. The monoisotopic (exact) mass is 591 g/mol. The molecule has 2 N–H and O–H groups in total. The van der Waals surface area contributed by atoms with Gasteiger partial charge in [0.25, 0.3) is 0 Å². The molecule has 2 aromatic carbocycles. The molecule has 4 rings (SSSR count). The van der Waals surface area contributed by atoms with Gasteiger partial charge in [-0.3, -0.25) is 9.78 Å². The fourth-order valence-electron chi connectivity index (χ4n) is 3.90. The highest BCUT2D eigenvalue weighted by Crippen LogP contribution is 2.23. The molecule has 2 heterocycles. The van der Waals surface area contributed by atoms with E-state index < -0.39 is 0 Å². The van der Waals surface area contributed by atoms with Crippen molar-refractivity contribution in [1.82, 2.24) is 15.2 Å². The van der Waals surface area contributed by atoms with E-state index in [0.717, 1.165) is 55.7 Å². The number of anilines is 1. The van der Waals surface area contributed by atoms with Crippen LogP contribution in [-0.4, -0.2) is 55.7 Å². The van der Waals surface area contributed by atoms with Gasteiger partial charge in [0.05, 0.1) is 18.1 Å². The fourth-order valence-corrected chi connectivity index (χ4v) is 4.03. The van der Waals surface area contributed by atoms with E-state index in [0.29, 0.717) is 41.0 Å². The molecule has 1 fully saturated rings. The minimum atomic E-state index is 0.271. The van der Waals surface area contributed by atoms with Gasteiger partial charge in [-0.1, -0.05) is 23.7 Å². The van der Waals surface area contributed by atoms with Crippen LogP contribution in [-0.2, 0) is 20.9 Å². The highest BCUT2D eigenvalue weighted by atomic mass is 35.5. The molecule has 9 nitrogen and oxygen atoms in total. The number of allylic oxidation sites excluding steroid dienone is 1. The van der Waals surface area contributed by atoms with Gasteiger partial charge in [-0.25, -0.2) is 4.99 Å². The molecule has 0 radical (unpaired) electrons. The van der Waals surface area contributed by atoms with Crippen LogP contribution in [0.5, 0.6) is 11.5 Å². The summed E-state index contributed by atoms with van der Waals surface area (Å²) < 4.78 is 11.0. The molecule has 3 aromatic rings. The summed E-state index contributed by atoms with van der Waals surface area (Å²) in [6.45, 7) is 4.12. The lowest BCUT2D eigenvalue weighted by Crippen LogP contribution is -2.32. The Balaban J connectivity index is 0.000000458. The van der Waals surface area contributed by atoms with E-state index in [1.165, 1.54) is 6.20 Å². The van der Waals surface area contributed by atoms with E-state index in [2.05, 4.69) is 20.6 Å². The van der Waals surface area contributed by atoms with Crippen molar-refractivity contribution < 1.29 is 19.1 Å². The zero-order valence-electron chi connectivity index (χ0n) is 24.3. The largest absolute Gasteiger partial charge is 0.456 e. The highest BCUT2D eigenvalue weighted by Gasteiger charge is 2.10. The van der Waals surface area contributed by atoms with Crippen LogP contribution in [0.25, 0.3) is 0 Å². The van der Waals surface area contributed by atoms with Crippen LogP contribution in [0, 0.1) is 12.8 Å². The topological polar surface area (TPSA) is 105 Å². The summed E-state index contributed by atoms with van der Waals surface area (Å²) >= 11 is 5.99. The number of aldehydes is 2. The second-order valence-corrected chi connectivity index (χ2v) is 10.2. The SMILES string of the molecule is CN/C(C=O)=C/N=C(Nc1ccc(Oc2ccc(C)nc2)cc1)N(C)Cc1ccc(Cl)cc1.O=CC1CCCOCC1. The molecule has 0 bridgehead atoms. The second kappa shape index (κ2) is 17.6. The molecule has 0 spiro atoms. The fraction of sp³-hybridized carbons (Fsp3) is 0.312. The molecule has 0 amide bonds. The number of ether oxygens (including phenoxy) is 2. The van der Waals surface area contributed by atoms with Crippen molar-refractivity contribution in [1.29, 1.82) is 0 Å². The number of pyridine rings is 1. The first-order chi connectivity index (χ1) is 20.4. The number of guanidine groups is 1. The van der Waals surface area contributed by atoms with Crippen molar-refractivity contribution in [3.63, 3.8) is 0 Å². The zero-order chi connectivity index (χ0) is 30.2. The van der Waals surface area contributed by atoms with Crippen LogP contribution in [0.15, 0.2) is 83.7 Å². The van der Waals surface area contributed by atoms with Gasteiger partial charge >= 0.3 is 0 Å². The molecule has 42 heavy (non-hydrogen) atoms. The number of likely N-dealkylation sites (N-methyl/N-ethyl adjacent to an activating group) is 1. The van der Waals surface area contributed by atoms with Gasteiger partial charge in [0.1, 0.15) is 17.8 Å². The summed E-state index contributed by atoms with van der Waals surface area (Å²) in [7, 11) is 3.58. The van der Waals surface area contributed by atoms with Crippen LogP contribution in [0.3, 0.4) is 0 Å². The number of hydrogen-bond donors (Lipinski definition) is 2. The molecule has 10 heteroatoms. The average Bonchev–Trinajstić information content (AvgIpc) is 3.30. The number of benzene rings is 2. The van der Waals surface area contributed by atoms with Crippen LogP contribution in [0.2, 0.25) is 5.02 Å². The smallest absolute Gasteiger partial charge is 0.203 e. The van der Waals surface area contributed by atoms with E-state index in [9.17, 15) is 9.59 Å². The van der Waals surface area contributed by atoms with Gasteiger partial charge in [-0.15, -0.1) is 0 Å². The van der Waals surface area contributed by atoms with Gasteiger partial charge in [0, 0.05) is 56.2 Å². The molecule has 222 valence electrons. The van der Waals surface area contributed by atoms with E-state index in [1.807, 2.05) is 79.5 Å². The summed E-state index contributed by atoms with van der Waals surface area (Å²) in [4.78, 5) is 32.1. The lowest BCUT2D eigenvalue weighted by molar-refractivity contribution is -0.111. The zero-order valence-corrected chi connectivity index (χ0v) is 25.0. The van der Waals surface area contributed by atoms with Gasteiger partial charge in [-0.2, -0.15) is 0 Å². The van der Waals surface area contributed by atoms with E-state index in [4.69, 9.17) is 21.1 Å². The summed E-state index contributed by atoms with van der Waals surface area (Å²) in [5, 5.41) is 6.79. The molecular weight excluding hydrogens is 554 g/mol. The van der Waals surface area contributed by atoms with Crippen molar-refractivity contribution >= 4 is 35.8 Å². The Labute approximate surface area is 252 Å². The summed E-state index contributed by atoms with van der Waals surface area (Å²) in [6, 6.07) is 18.9. The Morgan fingerprint density at radius 1 is 1.07 bits per heavy atom. The summed E-state index contributed by atoms with van der Waals surface area (Å²) in [5.74, 6) is 2.20. The molecule has 1 aromatic heterocycles. The van der Waals surface area contributed by atoms with E-state index in [1.54, 1.807) is 13.2 Å². The summed E-state index contributed by atoms with van der Waals surface area (Å²) in [5.41, 5.74) is 3.18. The number of rotatable bonds is 9. The number of nitrogens with one attached hydrogen (secondary N) is 2. The highest BCUT2D eigenvalue weighted by molar-refractivity contribution is 6.30. The Kier molecular flexibility index (Phi) is 13.5. The normalized spacial score (nSPS) is 15.4. The number of aliphatic imine (C=N–C) groups is 1. The van der Waals surface area contributed by atoms with Crippen LogP contribution in [0.1, 0.15) is 30.5 Å². The Bertz CT molecular complexity index is 1300. The van der Waals surface area contributed by atoms with Crippen molar-refractivity contribution in [3.8, 4) is 11.5 Å². The van der Waals surface area contributed by atoms with Crippen molar-refractivity contribution in [2.24, 2.45) is 10.9 Å². The van der Waals surface area contributed by atoms with E-state index >= 15 is 0 Å². The van der Waals surface area contributed by atoms with Crippen molar-refractivity contribution in [2.45, 2.75) is 32.7 Å². The molecule has 1 aliphatic rings. The third-order valence-corrected chi connectivity index (χ3v) is 6.61. The van der Waals surface area contributed by atoms with Crippen LogP contribution >= 0.6 is 11.6 Å². The number of aromatic nitrogens is 1. The minimum absolute atomic E-state index is 0.271. The predicted octanol–water partition coefficient (Wildman–Crippen LogP) is 6.00. The van der Waals surface area contributed by atoms with Crippen molar-refractivity contribution in [2.75, 3.05) is 32.6 Å². The first kappa shape index (κ1) is 32.3. The van der Waals surface area contributed by atoms with Gasteiger partial charge in [0.2, 0.25) is 5.96 Å². The van der Waals surface area contributed by atoms with Gasteiger partial charge < -0.3 is 29.8 Å². The van der Waals surface area contributed by atoms with Gasteiger partial charge in [-0.05, 0) is 80.3 Å². The molecule has 1 saturated heterocycles. The molecule has 1 aliphatic heterocycles. The number of nitrogens with zero attached hydrogens (tertiary/aromatic N) is 3. The lowest BCUT2D eigenvalue weighted by Gasteiger charge is -2.22. The second-order valence-electron chi connectivity index (χ2n) is 9.71. The van der Waals surface area contributed by atoms with Crippen LogP contribution < -0.4 is 15.4 Å². The lowest BCUT2D eigenvalue weighted by atomic mass is 10.0. The number of carbonyl (C=O) groups is 2. The quantitative estimate of drug-likeness (QED) is 0.135. The number of carbonyl (C=O) groups excluding carboxylic acids is 2. The van der Waals surface area contributed by atoms with E-state index in [-0.39, 0.29) is 5.92 Å². The van der Waals surface area contributed by atoms with Gasteiger partial charge in [0.15, 0.2) is 6.29 Å². The third-order valence-electron chi connectivity index (χ3n) is 6.36. The Morgan fingerprint density at radius 2 is 1.81 bits per heavy atom. The standard InChI is InChI=1S/C25H26ClN5O2.C7H12O2/c1-18-4-11-24(15-28-18)33-23-12-9-21(10-13-23)30-25(29-14-22(17-32)27-2)31(3)16-19-5-7-20(26)8-6-19;8-6-7-2-1-4-9-5-3-7/h4-15,17,27H,16H2,1-3H3,(H,29,30);6-7H,1-5H2/b22-14+;. The molecule has 1 unspecified atom stereocenters.